The lowest BCUT2D eigenvalue weighted by Gasteiger charge is -2.31. The van der Waals surface area contributed by atoms with Gasteiger partial charge in [-0.1, -0.05) is 54.6 Å². The van der Waals surface area contributed by atoms with Crippen molar-refractivity contribution in [2.75, 3.05) is 11.4 Å². The molecule has 0 saturated heterocycles. The third kappa shape index (κ3) is 3.42. The molecule has 0 spiro atoms. The number of hydrogen-bond acceptors (Lipinski definition) is 4. The van der Waals surface area contributed by atoms with Crippen molar-refractivity contribution in [1.82, 2.24) is 9.55 Å². The summed E-state index contributed by atoms with van der Waals surface area (Å²) in [7, 11) is 0. The molecule has 0 amide bonds. The van der Waals surface area contributed by atoms with Gasteiger partial charge >= 0.3 is 5.97 Å². The first-order chi connectivity index (χ1) is 15.6. The van der Waals surface area contributed by atoms with Gasteiger partial charge in [-0.05, 0) is 36.1 Å². The number of aliphatic hydroxyl groups is 1. The monoisotopic (exact) mass is 427 g/mol. The molecule has 2 aromatic carbocycles. The maximum absolute atomic E-state index is 11.9. The molecule has 32 heavy (non-hydrogen) atoms. The van der Waals surface area contributed by atoms with Crippen molar-refractivity contribution in [3.8, 4) is 0 Å². The zero-order valence-electron chi connectivity index (χ0n) is 18.0. The molecule has 2 aromatic heterocycles. The maximum Gasteiger partial charge on any atom is 0.354 e. The van der Waals surface area contributed by atoms with E-state index in [-0.39, 0.29) is 12.3 Å². The summed E-state index contributed by atoms with van der Waals surface area (Å²) in [5.41, 5.74) is 6.23. The van der Waals surface area contributed by atoms with Crippen LogP contribution >= 0.6 is 0 Å². The number of anilines is 1. The lowest BCUT2D eigenvalue weighted by Crippen LogP contribution is -2.32. The Balaban J connectivity index is 1.73. The second kappa shape index (κ2) is 8.13. The van der Waals surface area contributed by atoms with Gasteiger partial charge in [0.05, 0.1) is 12.1 Å². The molecular weight excluding hydrogens is 402 g/mol. The molecule has 6 nitrogen and oxygen atoms in total. The van der Waals surface area contributed by atoms with Gasteiger partial charge < -0.3 is 19.7 Å². The number of carboxylic acids is 1. The molecule has 2 N–H and O–H groups in total. The number of hydrogen-bond donors (Lipinski definition) is 2. The largest absolute Gasteiger partial charge is 0.477 e. The molecule has 0 saturated carbocycles. The van der Waals surface area contributed by atoms with Gasteiger partial charge in [-0.15, -0.1) is 0 Å². The second-order valence-corrected chi connectivity index (χ2v) is 8.27. The highest BCUT2D eigenvalue weighted by molar-refractivity contribution is 5.99. The number of nitrogens with zero attached hydrogens (tertiary/aromatic N) is 3. The Hall–Kier alpha value is -3.64. The summed E-state index contributed by atoms with van der Waals surface area (Å²) in [6.07, 6.45) is 0.877. The van der Waals surface area contributed by atoms with Crippen LogP contribution in [0.1, 0.15) is 38.4 Å². The Morgan fingerprint density at radius 1 is 1.06 bits per heavy atom. The molecule has 0 bridgehead atoms. The zero-order valence-corrected chi connectivity index (χ0v) is 18.0. The third-order valence-corrected chi connectivity index (χ3v) is 6.40. The number of benzene rings is 2. The van der Waals surface area contributed by atoms with E-state index in [9.17, 15) is 15.0 Å². The summed E-state index contributed by atoms with van der Waals surface area (Å²) in [5, 5.41) is 20.7. The van der Waals surface area contributed by atoms with E-state index in [4.69, 9.17) is 0 Å². The van der Waals surface area contributed by atoms with Crippen molar-refractivity contribution >= 4 is 22.7 Å². The third-order valence-electron chi connectivity index (χ3n) is 6.40. The smallest absolute Gasteiger partial charge is 0.354 e. The molecule has 0 unspecified atom stereocenters. The maximum atomic E-state index is 11.9. The number of pyridine rings is 1. The quantitative estimate of drug-likeness (QED) is 0.500. The van der Waals surface area contributed by atoms with Gasteiger partial charge in [0.25, 0.3) is 0 Å². The van der Waals surface area contributed by atoms with Crippen LogP contribution in [0.3, 0.4) is 0 Å². The van der Waals surface area contributed by atoms with Crippen molar-refractivity contribution in [1.29, 1.82) is 0 Å². The molecule has 0 radical (unpaired) electrons. The molecule has 3 heterocycles. The highest BCUT2D eigenvalue weighted by atomic mass is 16.4. The van der Waals surface area contributed by atoms with Crippen molar-refractivity contribution in [2.24, 2.45) is 0 Å². The number of aliphatic hydroxyl groups excluding tert-OH is 1. The molecule has 162 valence electrons. The van der Waals surface area contributed by atoms with Crippen LogP contribution in [0.5, 0.6) is 0 Å². The van der Waals surface area contributed by atoms with Crippen LogP contribution in [-0.4, -0.2) is 32.3 Å². The van der Waals surface area contributed by atoms with Crippen LogP contribution in [0.4, 0.5) is 5.82 Å². The van der Waals surface area contributed by atoms with Gasteiger partial charge in [0, 0.05) is 36.3 Å². The normalized spacial score (nSPS) is 13.4. The molecule has 0 fully saturated rings. The molecule has 6 heteroatoms. The molecular formula is C26H25N3O3. The molecule has 0 aliphatic carbocycles. The SMILES string of the molecule is Cc1c(CO)c2cc(C(=O)O)nc(N3CCc4ccccc4C3)c2n1Cc1ccccc1. The summed E-state index contributed by atoms with van der Waals surface area (Å²) in [4.78, 5) is 18.7. The van der Waals surface area contributed by atoms with E-state index in [1.807, 2.05) is 31.2 Å². The van der Waals surface area contributed by atoms with E-state index in [1.54, 1.807) is 6.07 Å². The number of aromatic nitrogens is 2. The van der Waals surface area contributed by atoms with Gasteiger partial charge in [-0.2, -0.15) is 0 Å². The first-order valence-corrected chi connectivity index (χ1v) is 10.8. The summed E-state index contributed by atoms with van der Waals surface area (Å²) in [6, 6.07) is 20.1. The highest BCUT2D eigenvalue weighted by Crippen LogP contribution is 2.35. The number of carboxylic acid groups (broad SMARTS) is 1. The zero-order chi connectivity index (χ0) is 22.2. The average Bonchev–Trinajstić information content (AvgIpc) is 3.09. The fraction of sp³-hybridized carbons (Fsp3) is 0.231. The van der Waals surface area contributed by atoms with Gasteiger partial charge in [0.2, 0.25) is 0 Å². The fourth-order valence-electron chi connectivity index (χ4n) is 4.72. The molecule has 5 rings (SSSR count). The summed E-state index contributed by atoms with van der Waals surface area (Å²) >= 11 is 0. The van der Waals surface area contributed by atoms with E-state index in [2.05, 4.69) is 44.8 Å². The van der Waals surface area contributed by atoms with Gasteiger partial charge in [0.15, 0.2) is 11.5 Å². The van der Waals surface area contributed by atoms with E-state index in [0.29, 0.717) is 18.9 Å². The Labute approximate surface area is 186 Å². The summed E-state index contributed by atoms with van der Waals surface area (Å²) in [5.74, 6) is -0.406. The van der Waals surface area contributed by atoms with E-state index >= 15 is 0 Å². The predicted octanol–water partition coefficient (Wildman–Crippen LogP) is 4.15. The lowest BCUT2D eigenvalue weighted by molar-refractivity contribution is 0.0690. The second-order valence-electron chi connectivity index (χ2n) is 8.27. The fourth-order valence-corrected chi connectivity index (χ4v) is 4.72. The first-order valence-electron chi connectivity index (χ1n) is 10.8. The Bertz CT molecular complexity index is 1310. The van der Waals surface area contributed by atoms with Gasteiger partial charge in [0.1, 0.15) is 0 Å². The molecule has 4 aromatic rings. The Morgan fingerprint density at radius 2 is 1.78 bits per heavy atom. The van der Waals surface area contributed by atoms with E-state index in [1.165, 1.54) is 11.1 Å². The van der Waals surface area contributed by atoms with Crippen molar-refractivity contribution in [3.63, 3.8) is 0 Å². The first kappa shape index (κ1) is 20.3. The number of fused-ring (bicyclic) bond motifs is 2. The van der Waals surface area contributed by atoms with Crippen LogP contribution in [0.25, 0.3) is 10.9 Å². The van der Waals surface area contributed by atoms with Crippen molar-refractivity contribution < 1.29 is 15.0 Å². The Kier molecular flexibility index (Phi) is 5.15. The molecule has 1 aliphatic heterocycles. The topological polar surface area (TPSA) is 78.6 Å². The molecule has 0 atom stereocenters. The number of rotatable bonds is 5. The summed E-state index contributed by atoms with van der Waals surface area (Å²) in [6.45, 7) is 3.87. The molecule has 1 aliphatic rings. The van der Waals surface area contributed by atoms with Crippen LogP contribution < -0.4 is 4.90 Å². The van der Waals surface area contributed by atoms with Crippen molar-refractivity contribution in [2.45, 2.75) is 33.0 Å². The van der Waals surface area contributed by atoms with Crippen LogP contribution in [0.2, 0.25) is 0 Å². The Morgan fingerprint density at radius 3 is 2.50 bits per heavy atom. The van der Waals surface area contributed by atoms with Gasteiger partial charge in [-0.25, -0.2) is 9.78 Å². The minimum absolute atomic E-state index is 0.00193. The number of carbonyl (C=O) groups is 1. The average molecular weight is 428 g/mol. The van der Waals surface area contributed by atoms with Crippen molar-refractivity contribution in [3.05, 3.63) is 94.3 Å². The van der Waals surface area contributed by atoms with Crippen LogP contribution in [0, 0.1) is 6.92 Å². The van der Waals surface area contributed by atoms with Gasteiger partial charge in [-0.3, -0.25) is 0 Å². The minimum atomic E-state index is -1.07. The standard InChI is InChI=1S/C26H25N3O3/c1-17-22(16-30)21-13-23(26(31)32)27-25(24(21)29(17)14-18-7-3-2-4-8-18)28-12-11-19-9-5-6-10-20(19)15-28/h2-10,13,30H,11-12,14-16H2,1H3,(H,31,32). The summed E-state index contributed by atoms with van der Waals surface area (Å²) < 4.78 is 2.16. The minimum Gasteiger partial charge on any atom is -0.477 e. The highest BCUT2D eigenvalue weighted by Gasteiger charge is 2.26. The van der Waals surface area contributed by atoms with E-state index < -0.39 is 5.97 Å². The van der Waals surface area contributed by atoms with E-state index in [0.717, 1.165) is 40.7 Å². The number of aromatic carboxylic acids is 1. The van der Waals surface area contributed by atoms with Crippen LogP contribution in [0.15, 0.2) is 60.7 Å². The lowest BCUT2D eigenvalue weighted by atomic mass is 10.00. The predicted molar refractivity (Wildman–Crippen MR) is 124 cm³/mol. The van der Waals surface area contributed by atoms with Crippen LogP contribution in [-0.2, 0) is 26.1 Å².